The Bertz CT molecular complexity index is 325. The van der Waals surface area contributed by atoms with Crippen molar-refractivity contribution in [2.45, 2.75) is 19.8 Å². The van der Waals surface area contributed by atoms with Crippen molar-refractivity contribution < 1.29 is 4.74 Å². The van der Waals surface area contributed by atoms with Gasteiger partial charge in [-0.15, -0.1) is 0 Å². The summed E-state index contributed by atoms with van der Waals surface area (Å²) in [6.07, 6.45) is 1.36. The van der Waals surface area contributed by atoms with Crippen molar-refractivity contribution in [2.75, 3.05) is 7.11 Å². The monoisotopic (exact) mass is 175 g/mol. The number of nitriles is 1. The number of rotatable bonds is 3. The van der Waals surface area contributed by atoms with Gasteiger partial charge in [0.1, 0.15) is 5.75 Å². The molecule has 2 heteroatoms. The molecule has 0 saturated carbocycles. The molecule has 2 nitrogen and oxygen atoms in total. The van der Waals surface area contributed by atoms with Crippen molar-refractivity contribution in [3.8, 4) is 11.8 Å². The van der Waals surface area contributed by atoms with Crippen LogP contribution in [0.25, 0.3) is 0 Å². The first-order chi connectivity index (χ1) is 6.33. The predicted molar refractivity (Wildman–Crippen MR) is 51.7 cm³/mol. The van der Waals surface area contributed by atoms with Crippen LogP contribution in [0.2, 0.25) is 0 Å². The third-order valence-corrected chi connectivity index (χ3v) is 2.07. The van der Waals surface area contributed by atoms with Gasteiger partial charge in [0, 0.05) is 0 Å². The molecule has 0 aliphatic carbocycles. The lowest BCUT2D eigenvalue weighted by Gasteiger charge is -2.09. The summed E-state index contributed by atoms with van der Waals surface area (Å²) in [5.41, 5.74) is 2.22. The standard InChI is InChI=1S/C11H13NO/c1-3-10-9(7-8-12)5-4-6-11(10)13-2/h4-6H,3,7H2,1-2H3. The molecule has 0 aliphatic heterocycles. The summed E-state index contributed by atoms with van der Waals surface area (Å²) < 4.78 is 5.21. The van der Waals surface area contributed by atoms with Gasteiger partial charge in [-0.05, 0) is 23.6 Å². The molecule has 0 fully saturated rings. The van der Waals surface area contributed by atoms with Crippen LogP contribution in [0, 0.1) is 11.3 Å². The van der Waals surface area contributed by atoms with Gasteiger partial charge in [0.15, 0.2) is 0 Å². The van der Waals surface area contributed by atoms with Gasteiger partial charge in [-0.2, -0.15) is 5.26 Å². The zero-order chi connectivity index (χ0) is 9.68. The van der Waals surface area contributed by atoms with Crippen molar-refractivity contribution >= 4 is 0 Å². The first-order valence-electron chi connectivity index (χ1n) is 4.35. The molecule has 0 unspecified atom stereocenters. The van der Waals surface area contributed by atoms with Crippen LogP contribution in [-0.2, 0) is 12.8 Å². The summed E-state index contributed by atoms with van der Waals surface area (Å²) in [7, 11) is 1.66. The van der Waals surface area contributed by atoms with Crippen LogP contribution in [-0.4, -0.2) is 7.11 Å². The minimum Gasteiger partial charge on any atom is -0.496 e. The van der Waals surface area contributed by atoms with Crippen molar-refractivity contribution in [1.29, 1.82) is 5.26 Å². The van der Waals surface area contributed by atoms with Crippen LogP contribution in [0.1, 0.15) is 18.1 Å². The molecule has 13 heavy (non-hydrogen) atoms. The molecule has 0 atom stereocenters. The quantitative estimate of drug-likeness (QED) is 0.706. The molecule has 1 aromatic carbocycles. The number of hydrogen-bond acceptors (Lipinski definition) is 2. The largest absolute Gasteiger partial charge is 0.496 e. The fraction of sp³-hybridized carbons (Fsp3) is 0.364. The Balaban J connectivity index is 3.12. The molecular weight excluding hydrogens is 162 g/mol. The van der Waals surface area contributed by atoms with Gasteiger partial charge in [-0.3, -0.25) is 0 Å². The second kappa shape index (κ2) is 4.51. The molecule has 1 aromatic rings. The lowest BCUT2D eigenvalue weighted by atomic mass is 10.0. The SMILES string of the molecule is CCc1c(CC#N)cccc1OC. The average molecular weight is 175 g/mol. The fourth-order valence-electron chi connectivity index (χ4n) is 1.45. The lowest BCUT2D eigenvalue weighted by Crippen LogP contribution is -1.96. The van der Waals surface area contributed by atoms with E-state index in [9.17, 15) is 0 Å². The molecule has 0 aliphatic rings. The van der Waals surface area contributed by atoms with Crippen LogP contribution in [0.4, 0.5) is 0 Å². The number of benzene rings is 1. The summed E-state index contributed by atoms with van der Waals surface area (Å²) >= 11 is 0. The van der Waals surface area contributed by atoms with Gasteiger partial charge in [-0.1, -0.05) is 19.1 Å². The molecule has 0 bridgehead atoms. The van der Waals surface area contributed by atoms with E-state index in [1.165, 1.54) is 0 Å². The highest BCUT2D eigenvalue weighted by Gasteiger charge is 2.05. The summed E-state index contributed by atoms with van der Waals surface area (Å²) in [4.78, 5) is 0. The third kappa shape index (κ3) is 2.00. The number of methoxy groups -OCH3 is 1. The van der Waals surface area contributed by atoms with E-state index >= 15 is 0 Å². The number of ether oxygens (including phenoxy) is 1. The van der Waals surface area contributed by atoms with Gasteiger partial charge >= 0.3 is 0 Å². The maximum absolute atomic E-state index is 8.61. The highest BCUT2D eigenvalue weighted by atomic mass is 16.5. The van der Waals surface area contributed by atoms with E-state index in [0.717, 1.165) is 23.3 Å². The zero-order valence-electron chi connectivity index (χ0n) is 8.00. The minimum atomic E-state index is 0.459. The van der Waals surface area contributed by atoms with E-state index in [1.807, 2.05) is 18.2 Å². The van der Waals surface area contributed by atoms with E-state index in [4.69, 9.17) is 10.00 Å². The Morgan fingerprint density at radius 1 is 1.46 bits per heavy atom. The van der Waals surface area contributed by atoms with Gasteiger partial charge in [0.25, 0.3) is 0 Å². The fourth-order valence-corrected chi connectivity index (χ4v) is 1.45. The first kappa shape index (κ1) is 9.60. The first-order valence-corrected chi connectivity index (χ1v) is 4.35. The number of hydrogen-bond donors (Lipinski definition) is 0. The minimum absolute atomic E-state index is 0.459. The van der Waals surface area contributed by atoms with E-state index in [1.54, 1.807) is 7.11 Å². The Morgan fingerprint density at radius 3 is 2.77 bits per heavy atom. The summed E-state index contributed by atoms with van der Waals surface area (Å²) in [5.74, 6) is 0.884. The molecule has 0 saturated heterocycles. The van der Waals surface area contributed by atoms with Crippen LogP contribution < -0.4 is 4.74 Å². The Labute approximate surface area is 78.8 Å². The van der Waals surface area contributed by atoms with Crippen LogP contribution in [0.3, 0.4) is 0 Å². The molecule has 0 N–H and O–H groups in total. The molecular formula is C11H13NO. The van der Waals surface area contributed by atoms with Gasteiger partial charge in [0.05, 0.1) is 19.6 Å². The topological polar surface area (TPSA) is 33.0 Å². The molecule has 0 radical (unpaired) electrons. The van der Waals surface area contributed by atoms with Crippen molar-refractivity contribution in [2.24, 2.45) is 0 Å². The maximum Gasteiger partial charge on any atom is 0.122 e. The summed E-state index contributed by atoms with van der Waals surface area (Å²) in [5, 5.41) is 8.61. The van der Waals surface area contributed by atoms with E-state index in [2.05, 4.69) is 13.0 Å². The average Bonchev–Trinajstić information content (AvgIpc) is 2.18. The van der Waals surface area contributed by atoms with Crippen LogP contribution in [0.15, 0.2) is 18.2 Å². The predicted octanol–water partition coefficient (Wildman–Crippen LogP) is 2.32. The molecule has 0 aromatic heterocycles. The number of nitrogens with zero attached hydrogens (tertiary/aromatic N) is 1. The maximum atomic E-state index is 8.61. The van der Waals surface area contributed by atoms with Crippen LogP contribution in [0.5, 0.6) is 5.75 Å². The normalized spacial score (nSPS) is 9.31. The molecule has 68 valence electrons. The van der Waals surface area contributed by atoms with E-state index in [0.29, 0.717) is 6.42 Å². The summed E-state index contributed by atoms with van der Waals surface area (Å²) in [6.45, 7) is 2.07. The van der Waals surface area contributed by atoms with Gasteiger partial charge in [-0.25, -0.2) is 0 Å². The highest BCUT2D eigenvalue weighted by molar-refractivity contribution is 5.41. The summed E-state index contributed by atoms with van der Waals surface area (Å²) in [6, 6.07) is 7.98. The Hall–Kier alpha value is -1.49. The molecule has 0 amide bonds. The van der Waals surface area contributed by atoms with Gasteiger partial charge < -0.3 is 4.74 Å². The lowest BCUT2D eigenvalue weighted by molar-refractivity contribution is 0.409. The third-order valence-electron chi connectivity index (χ3n) is 2.07. The molecule has 0 heterocycles. The van der Waals surface area contributed by atoms with E-state index in [-0.39, 0.29) is 0 Å². The van der Waals surface area contributed by atoms with Crippen LogP contribution >= 0.6 is 0 Å². The Morgan fingerprint density at radius 2 is 2.23 bits per heavy atom. The smallest absolute Gasteiger partial charge is 0.122 e. The Kier molecular flexibility index (Phi) is 3.33. The zero-order valence-corrected chi connectivity index (χ0v) is 8.00. The van der Waals surface area contributed by atoms with Gasteiger partial charge in [0.2, 0.25) is 0 Å². The second-order valence-electron chi connectivity index (χ2n) is 2.79. The molecule has 1 rings (SSSR count). The molecule has 0 spiro atoms. The van der Waals surface area contributed by atoms with Crippen molar-refractivity contribution in [3.63, 3.8) is 0 Å². The van der Waals surface area contributed by atoms with E-state index < -0.39 is 0 Å². The van der Waals surface area contributed by atoms with Crippen molar-refractivity contribution in [1.82, 2.24) is 0 Å². The van der Waals surface area contributed by atoms with Crippen molar-refractivity contribution in [3.05, 3.63) is 29.3 Å². The highest BCUT2D eigenvalue weighted by Crippen LogP contribution is 2.22. The second-order valence-corrected chi connectivity index (χ2v) is 2.79.